The number of piperidine rings is 1. The highest BCUT2D eigenvalue weighted by Crippen LogP contribution is 2.42. The molecule has 0 aromatic heterocycles. The minimum atomic E-state index is -0.244. The molecule has 5 nitrogen and oxygen atoms in total. The first-order valence-electron chi connectivity index (χ1n) is 10.4. The quantitative estimate of drug-likeness (QED) is 0.475. The Balaban J connectivity index is 0.00000171. The lowest BCUT2D eigenvalue weighted by Crippen LogP contribution is -2.42. The molecule has 0 radical (unpaired) electrons. The SMILES string of the molecule is Br.Br.NCC1OC(C2CCN(CCc3ccc(F)cc3)CC2)Cc2c1ccc(O)c2O. The summed E-state index contributed by atoms with van der Waals surface area (Å²) in [6.45, 7) is 3.31. The van der Waals surface area contributed by atoms with E-state index < -0.39 is 0 Å². The lowest BCUT2D eigenvalue weighted by molar-refractivity contribution is -0.0646. The number of hydrogen-bond donors (Lipinski definition) is 3. The molecule has 4 N–H and O–H groups in total. The molecule has 1 saturated heterocycles. The average Bonchev–Trinajstić information content (AvgIpc) is 2.75. The Morgan fingerprint density at radius 1 is 1.03 bits per heavy atom. The van der Waals surface area contributed by atoms with Gasteiger partial charge < -0.3 is 25.6 Å². The number of hydrogen-bond acceptors (Lipinski definition) is 5. The molecule has 2 aliphatic heterocycles. The zero-order valence-corrected chi connectivity index (χ0v) is 20.8. The minimum absolute atomic E-state index is 0. The van der Waals surface area contributed by atoms with Gasteiger partial charge in [0.15, 0.2) is 11.5 Å². The van der Waals surface area contributed by atoms with E-state index in [0.29, 0.717) is 18.9 Å². The van der Waals surface area contributed by atoms with Gasteiger partial charge in [-0.15, -0.1) is 34.0 Å². The monoisotopic (exact) mass is 560 g/mol. The van der Waals surface area contributed by atoms with E-state index in [4.69, 9.17) is 10.5 Å². The Labute approximate surface area is 203 Å². The molecule has 2 atom stereocenters. The molecule has 0 amide bonds. The fraction of sp³-hybridized carbons (Fsp3) is 0.478. The maximum atomic E-state index is 13.0. The van der Waals surface area contributed by atoms with Crippen molar-refractivity contribution in [3.8, 4) is 11.5 Å². The second-order valence-electron chi connectivity index (χ2n) is 8.16. The third-order valence-corrected chi connectivity index (χ3v) is 6.39. The van der Waals surface area contributed by atoms with Crippen molar-refractivity contribution >= 4 is 34.0 Å². The summed E-state index contributed by atoms with van der Waals surface area (Å²) in [5.74, 6) is 0.0848. The number of halogens is 3. The molecule has 0 bridgehead atoms. The maximum Gasteiger partial charge on any atom is 0.161 e. The first kappa shape index (κ1) is 26.1. The second-order valence-corrected chi connectivity index (χ2v) is 8.16. The van der Waals surface area contributed by atoms with Crippen LogP contribution in [0.1, 0.15) is 35.6 Å². The fourth-order valence-corrected chi connectivity index (χ4v) is 4.64. The number of ether oxygens (including phenoxy) is 1. The van der Waals surface area contributed by atoms with Gasteiger partial charge in [0.05, 0.1) is 12.2 Å². The Morgan fingerprint density at radius 3 is 2.35 bits per heavy atom. The largest absolute Gasteiger partial charge is 0.504 e. The second kappa shape index (κ2) is 11.6. The normalized spacial score (nSPS) is 21.6. The zero-order chi connectivity index (χ0) is 20.4. The molecule has 0 aliphatic carbocycles. The van der Waals surface area contributed by atoms with Gasteiger partial charge in [-0.05, 0) is 67.6 Å². The Bertz CT molecular complexity index is 845. The van der Waals surface area contributed by atoms with Crippen LogP contribution in [0.25, 0.3) is 0 Å². The molecule has 2 aromatic carbocycles. The van der Waals surface area contributed by atoms with Crippen molar-refractivity contribution in [1.29, 1.82) is 0 Å². The first-order chi connectivity index (χ1) is 14.0. The predicted molar refractivity (Wildman–Crippen MR) is 130 cm³/mol. The van der Waals surface area contributed by atoms with Gasteiger partial charge in [-0.2, -0.15) is 0 Å². The first-order valence-corrected chi connectivity index (χ1v) is 10.4. The van der Waals surface area contributed by atoms with Crippen LogP contribution < -0.4 is 5.73 Å². The van der Waals surface area contributed by atoms with Crippen LogP contribution in [0.15, 0.2) is 36.4 Å². The van der Waals surface area contributed by atoms with Crippen LogP contribution >= 0.6 is 34.0 Å². The molecule has 172 valence electrons. The van der Waals surface area contributed by atoms with E-state index in [1.54, 1.807) is 6.07 Å². The summed E-state index contributed by atoms with van der Waals surface area (Å²) in [7, 11) is 0. The van der Waals surface area contributed by atoms with Gasteiger partial charge >= 0.3 is 0 Å². The number of benzene rings is 2. The summed E-state index contributed by atoms with van der Waals surface area (Å²) in [6, 6.07) is 10.0. The van der Waals surface area contributed by atoms with Crippen LogP contribution in [0.3, 0.4) is 0 Å². The van der Waals surface area contributed by atoms with Crippen LogP contribution in [0.5, 0.6) is 11.5 Å². The molecule has 8 heteroatoms. The summed E-state index contributed by atoms with van der Waals surface area (Å²) < 4.78 is 19.3. The van der Waals surface area contributed by atoms with Crippen LogP contribution in [-0.2, 0) is 17.6 Å². The highest BCUT2D eigenvalue weighted by atomic mass is 79.9. The standard InChI is InChI=1S/C23H29FN2O3.2BrH/c24-17-3-1-15(2-4-17)7-10-26-11-8-16(9-12-26)21-13-19-18(22(14-25)29-21)5-6-20(27)23(19)28;;/h1-6,16,21-22,27-28H,7-14,25H2;2*1H. The summed E-state index contributed by atoms with van der Waals surface area (Å²) in [6.07, 6.45) is 3.34. The van der Waals surface area contributed by atoms with Gasteiger partial charge in [0.25, 0.3) is 0 Å². The van der Waals surface area contributed by atoms with Crippen LogP contribution in [0, 0.1) is 11.7 Å². The van der Waals surface area contributed by atoms with Gasteiger partial charge in [0, 0.05) is 25.1 Å². The van der Waals surface area contributed by atoms with E-state index in [-0.39, 0.29) is 63.5 Å². The highest BCUT2D eigenvalue weighted by Gasteiger charge is 2.35. The molecule has 2 aromatic rings. The number of fused-ring (bicyclic) bond motifs is 1. The molecule has 0 spiro atoms. The molecule has 2 aliphatic rings. The average molecular weight is 562 g/mol. The number of nitrogens with zero attached hydrogens (tertiary/aromatic N) is 1. The summed E-state index contributed by atoms with van der Waals surface area (Å²) in [4.78, 5) is 2.44. The fourth-order valence-electron chi connectivity index (χ4n) is 4.64. The van der Waals surface area contributed by atoms with Crippen molar-refractivity contribution in [3.05, 3.63) is 58.9 Å². The third-order valence-electron chi connectivity index (χ3n) is 6.39. The number of likely N-dealkylation sites (tertiary alicyclic amines) is 1. The van der Waals surface area contributed by atoms with E-state index in [2.05, 4.69) is 4.90 Å². The number of phenols is 2. The molecule has 2 heterocycles. The number of aromatic hydroxyl groups is 2. The van der Waals surface area contributed by atoms with Crippen molar-refractivity contribution in [1.82, 2.24) is 4.90 Å². The number of rotatable bonds is 5. The molecular weight excluding hydrogens is 531 g/mol. The van der Waals surface area contributed by atoms with Crippen molar-refractivity contribution in [2.45, 2.75) is 37.9 Å². The number of nitrogens with two attached hydrogens (primary N) is 1. The molecular formula is C23H31Br2FN2O3. The molecule has 0 saturated carbocycles. The van der Waals surface area contributed by atoms with Gasteiger partial charge in [-0.1, -0.05) is 18.2 Å². The van der Waals surface area contributed by atoms with Gasteiger partial charge in [-0.25, -0.2) is 4.39 Å². The molecule has 31 heavy (non-hydrogen) atoms. The van der Waals surface area contributed by atoms with E-state index in [0.717, 1.165) is 55.6 Å². The predicted octanol–water partition coefficient (Wildman–Crippen LogP) is 4.29. The smallest absolute Gasteiger partial charge is 0.161 e. The summed E-state index contributed by atoms with van der Waals surface area (Å²) in [5, 5.41) is 20.2. The van der Waals surface area contributed by atoms with Gasteiger partial charge in [0.1, 0.15) is 5.82 Å². The van der Waals surface area contributed by atoms with Crippen molar-refractivity contribution in [2.75, 3.05) is 26.2 Å². The van der Waals surface area contributed by atoms with Crippen LogP contribution in [0.4, 0.5) is 4.39 Å². The number of phenolic OH excluding ortho intramolecular Hbond substituents is 2. The minimum Gasteiger partial charge on any atom is -0.504 e. The Morgan fingerprint density at radius 2 is 1.71 bits per heavy atom. The third kappa shape index (κ3) is 5.99. The van der Waals surface area contributed by atoms with Gasteiger partial charge in [-0.3, -0.25) is 0 Å². The highest BCUT2D eigenvalue weighted by molar-refractivity contribution is 8.93. The van der Waals surface area contributed by atoms with Crippen LogP contribution in [0.2, 0.25) is 0 Å². The summed E-state index contributed by atoms with van der Waals surface area (Å²) in [5.41, 5.74) is 8.74. The zero-order valence-electron chi connectivity index (χ0n) is 17.4. The van der Waals surface area contributed by atoms with Crippen molar-refractivity contribution in [2.24, 2.45) is 11.7 Å². The van der Waals surface area contributed by atoms with E-state index >= 15 is 0 Å². The van der Waals surface area contributed by atoms with Crippen molar-refractivity contribution < 1.29 is 19.3 Å². The summed E-state index contributed by atoms with van der Waals surface area (Å²) >= 11 is 0. The van der Waals surface area contributed by atoms with E-state index in [9.17, 15) is 14.6 Å². The Kier molecular flexibility index (Phi) is 9.76. The van der Waals surface area contributed by atoms with Crippen LogP contribution in [-0.4, -0.2) is 47.4 Å². The topological polar surface area (TPSA) is 79.0 Å². The molecule has 1 fully saturated rings. The molecule has 2 unspecified atom stereocenters. The van der Waals surface area contributed by atoms with E-state index in [1.807, 2.05) is 12.1 Å². The Hall–Kier alpha value is -1.19. The lowest BCUT2D eigenvalue weighted by Gasteiger charge is -2.40. The lowest BCUT2D eigenvalue weighted by atomic mass is 9.83. The van der Waals surface area contributed by atoms with Crippen molar-refractivity contribution in [3.63, 3.8) is 0 Å². The van der Waals surface area contributed by atoms with Gasteiger partial charge in [0.2, 0.25) is 0 Å². The maximum absolute atomic E-state index is 13.0. The molecule has 4 rings (SSSR count). The van der Waals surface area contributed by atoms with E-state index in [1.165, 1.54) is 18.2 Å².